The Morgan fingerprint density at radius 1 is 0.974 bits per heavy atom. The normalized spacial score (nSPS) is 14.2. The number of nitrogens with two attached hydrogens (primary N) is 2. The van der Waals surface area contributed by atoms with E-state index in [1.165, 1.54) is 17.1 Å². The number of amides is 3. The number of aromatic nitrogens is 3. The molecule has 0 saturated carbocycles. The lowest BCUT2D eigenvalue weighted by molar-refractivity contribution is -0.136. The second-order valence-corrected chi connectivity index (χ2v) is 9.34. The number of unbranched alkanes of at least 4 members (excludes halogenated alkanes) is 1. The largest absolute Gasteiger partial charge is 0.388 e. The van der Waals surface area contributed by atoms with Gasteiger partial charge in [0, 0.05) is 30.6 Å². The Morgan fingerprint density at radius 3 is 2.37 bits per heavy atom. The van der Waals surface area contributed by atoms with E-state index < -0.39 is 11.8 Å². The van der Waals surface area contributed by atoms with Gasteiger partial charge in [-0.1, -0.05) is 48.9 Å². The first-order chi connectivity index (χ1) is 18.4. The fourth-order valence-corrected chi connectivity index (χ4v) is 4.98. The third kappa shape index (κ3) is 4.73. The van der Waals surface area contributed by atoms with E-state index in [-0.39, 0.29) is 18.4 Å². The number of pyridine rings is 1. The maximum Gasteiger partial charge on any atom is 0.253 e. The number of nitrogen functional groups attached to an aromatic ring is 1. The van der Waals surface area contributed by atoms with E-state index in [0.717, 1.165) is 27.5 Å². The quantitative estimate of drug-likeness (QED) is 0.217. The van der Waals surface area contributed by atoms with Crippen LogP contribution in [0.3, 0.4) is 0 Å². The molecular formula is C28H28N6O4. The third-order valence-corrected chi connectivity index (χ3v) is 6.92. The highest BCUT2D eigenvalue weighted by Gasteiger charge is 2.23. The number of fused-ring (bicyclic) bond motifs is 3. The van der Waals surface area contributed by atoms with Crippen LogP contribution in [-0.2, 0) is 27.5 Å². The Morgan fingerprint density at radius 2 is 1.68 bits per heavy atom. The summed E-state index contributed by atoms with van der Waals surface area (Å²) >= 11 is 0. The predicted octanol–water partition coefficient (Wildman–Crippen LogP) is 2.37. The molecule has 2 aromatic carbocycles. The first-order valence-electron chi connectivity index (χ1n) is 12.4. The van der Waals surface area contributed by atoms with Gasteiger partial charge in [0.2, 0.25) is 5.91 Å². The minimum atomic E-state index is -0.482. The van der Waals surface area contributed by atoms with E-state index in [2.05, 4.69) is 9.97 Å². The second-order valence-electron chi connectivity index (χ2n) is 9.34. The van der Waals surface area contributed by atoms with Gasteiger partial charge in [0.05, 0.1) is 17.0 Å². The van der Waals surface area contributed by atoms with Crippen LogP contribution in [0.25, 0.3) is 21.9 Å². The van der Waals surface area contributed by atoms with Gasteiger partial charge < -0.3 is 21.1 Å². The average Bonchev–Trinajstić information content (AvgIpc) is 3.44. The topological polar surface area (TPSA) is 157 Å². The van der Waals surface area contributed by atoms with Crippen LogP contribution in [0.15, 0.2) is 60.7 Å². The van der Waals surface area contributed by atoms with E-state index in [1.54, 1.807) is 0 Å². The Kier molecular flexibility index (Phi) is 6.89. The van der Waals surface area contributed by atoms with E-state index in [9.17, 15) is 19.5 Å². The molecule has 0 spiro atoms. The van der Waals surface area contributed by atoms with E-state index in [1.807, 2.05) is 53.1 Å². The summed E-state index contributed by atoms with van der Waals surface area (Å²) in [5.41, 5.74) is 15.7. The van der Waals surface area contributed by atoms with Gasteiger partial charge in [0.25, 0.3) is 11.8 Å². The number of benzene rings is 2. The van der Waals surface area contributed by atoms with Crippen LogP contribution < -0.4 is 11.5 Å². The molecule has 1 unspecified atom stereocenters. The fraction of sp³-hybridized carbons (Fsp3) is 0.250. The van der Waals surface area contributed by atoms with Gasteiger partial charge in [-0.3, -0.25) is 19.3 Å². The number of hydrogen-bond acceptors (Lipinski definition) is 7. The van der Waals surface area contributed by atoms with Crippen LogP contribution in [0.4, 0.5) is 5.82 Å². The molecule has 1 aliphatic rings. The standard InChI is InChI=1S/C28H28N6O4/c29-27-25-26(20-6-1-2-7-21(20)31-27)34(22(16-35)32-25)15-17-8-10-18(11-9-17)19(28(30)38)5-3-4-14-33-23(36)12-13-24(33)37/h1-2,6-13,19,35H,3-5,14-16H2,(H2,29,31)(H2,30,38). The van der Waals surface area contributed by atoms with E-state index in [0.29, 0.717) is 49.5 Å². The molecule has 38 heavy (non-hydrogen) atoms. The average molecular weight is 513 g/mol. The van der Waals surface area contributed by atoms with Crippen molar-refractivity contribution in [2.24, 2.45) is 5.73 Å². The van der Waals surface area contributed by atoms with Crippen LogP contribution in [0.1, 0.15) is 42.1 Å². The Balaban J connectivity index is 1.33. The van der Waals surface area contributed by atoms with Crippen LogP contribution in [0.5, 0.6) is 0 Å². The molecule has 2 aromatic heterocycles. The van der Waals surface area contributed by atoms with Gasteiger partial charge in [-0.25, -0.2) is 9.97 Å². The minimum Gasteiger partial charge on any atom is -0.388 e. The van der Waals surface area contributed by atoms with Crippen molar-refractivity contribution in [2.75, 3.05) is 12.3 Å². The van der Waals surface area contributed by atoms with Crippen LogP contribution >= 0.6 is 0 Å². The fourth-order valence-electron chi connectivity index (χ4n) is 4.98. The molecule has 1 aliphatic heterocycles. The van der Waals surface area contributed by atoms with Crippen LogP contribution in [0.2, 0.25) is 0 Å². The predicted molar refractivity (Wildman–Crippen MR) is 143 cm³/mol. The number of primary amides is 1. The van der Waals surface area contributed by atoms with Crippen molar-refractivity contribution in [3.8, 4) is 0 Å². The van der Waals surface area contributed by atoms with Crippen molar-refractivity contribution in [1.29, 1.82) is 0 Å². The second kappa shape index (κ2) is 10.4. The molecule has 1 atom stereocenters. The summed E-state index contributed by atoms with van der Waals surface area (Å²) in [5, 5.41) is 10.9. The van der Waals surface area contributed by atoms with Crippen molar-refractivity contribution >= 4 is 45.5 Å². The van der Waals surface area contributed by atoms with Gasteiger partial charge in [-0.15, -0.1) is 0 Å². The summed E-state index contributed by atoms with van der Waals surface area (Å²) in [5.74, 6) is -0.733. The summed E-state index contributed by atoms with van der Waals surface area (Å²) in [6, 6.07) is 15.3. The molecule has 0 fully saturated rings. The number of carbonyl (C=O) groups is 3. The van der Waals surface area contributed by atoms with Gasteiger partial charge in [-0.2, -0.15) is 0 Å². The zero-order valence-corrected chi connectivity index (χ0v) is 20.7. The van der Waals surface area contributed by atoms with Crippen molar-refractivity contribution in [1.82, 2.24) is 19.4 Å². The first kappa shape index (κ1) is 25.1. The Bertz CT molecular complexity index is 1560. The lowest BCUT2D eigenvalue weighted by Gasteiger charge is -2.17. The Hall–Kier alpha value is -4.57. The number of carbonyl (C=O) groups excluding carboxylic acids is 3. The molecule has 4 aromatic rings. The molecule has 10 heteroatoms. The summed E-state index contributed by atoms with van der Waals surface area (Å²) in [4.78, 5) is 45.8. The number of hydrogen-bond donors (Lipinski definition) is 3. The SMILES string of the molecule is NC(=O)C(CCCCN1C(=O)C=CC1=O)c1ccc(Cn2c(CO)nc3c(N)nc4ccccc4c32)cc1. The maximum atomic E-state index is 12.2. The number of imide groups is 1. The highest BCUT2D eigenvalue weighted by atomic mass is 16.3. The monoisotopic (exact) mass is 512 g/mol. The van der Waals surface area contributed by atoms with Gasteiger partial charge >= 0.3 is 0 Å². The van der Waals surface area contributed by atoms with Crippen molar-refractivity contribution < 1.29 is 19.5 Å². The molecule has 0 saturated heterocycles. The number of para-hydroxylation sites is 1. The molecule has 0 bridgehead atoms. The lowest BCUT2D eigenvalue weighted by atomic mass is 9.92. The van der Waals surface area contributed by atoms with E-state index in [4.69, 9.17) is 11.5 Å². The minimum absolute atomic E-state index is 0.255. The zero-order chi connectivity index (χ0) is 26.8. The smallest absolute Gasteiger partial charge is 0.253 e. The molecule has 3 amide bonds. The number of aliphatic hydroxyl groups is 1. The van der Waals surface area contributed by atoms with E-state index >= 15 is 0 Å². The van der Waals surface area contributed by atoms with Gasteiger partial charge in [0.15, 0.2) is 5.82 Å². The zero-order valence-electron chi connectivity index (χ0n) is 20.7. The number of anilines is 1. The van der Waals surface area contributed by atoms with Gasteiger partial charge in [-0.05, 0) is 30.0 Å². The Labute approximate surface area is 218 Å². The van der Waals surface area contributed by atoms with Gasteiger partial charge in [0.1, 0.15) is 17.9 Å². The van der Waals surface area contributed by atoms with Crippen LogP contribution in [0, 0.1) is 0 Å². The molecule has 5 rings (SSSR count). The lowest BCUT2D eigenvalue weighted by Crippen LogP contribution is -2.31. The number of aliphatic hydroxyl groups excluding tert-OH is 1. The maximum absolute atomic E-state index is 12.2. The molecule has 0 radical (unpaired) electrons. The van der Waals surface area contributed by atoms with Crippen molar-refractivity contribution in [3.05, 3.63) is 77.6 Å². The highest BCUT2D eigenvalue weighted by Crippen LogP contribution is 2.30. The third-order valence-electron chi connectivity index (χ3n) is 6.92. The first-order valence-corrected chi connectivity index (χ1v) is 12.4. The number of imidazole rings is 1. The highest BCUT2D eigenvalue weighted by molar-refractivity contribution is 6.12. The summed E-state index contributed by atoms with van der Waals surface area (Å²) in [7, 11) is 0. The number of nitrogens with zero attached hydrogens (tertiary/aromatic N) is 4. The van der Waals surface area contributed by atoms with Crippen molar-refractivity contribution in [3.63, 3.8) is 0 Å². The number of rotatable bonds is 10. The van der Waals surface area contributed by atoms with Crippen molar-refractivity contribution in [2.45, 2.75) is 38.3 Å². The molecular weight excluding hydrogens is 484 g/mol. The molecule has 194 valence electrons. The molecule has 5 N–H and O–H groups in total. The summed E-state index contributed by atoms with van der Waals surface area (Å²) < 4.78 is 1.94. The molecule has 3 heterocycles. The summed E-state index contributed by atoms with van der Waals surface area (Å²) in [6.07, 6.45) is 4.26. The summed E-state index contributed by atoms with van der Waals surface area (Å²) in [6.45, 7) is 0.498. The molecule has 10 nitrogen and oxygen atoms in total. The molecule has 0 aliphatic carbocycles. The van der Waals surface area contributed by atoms with Crippen LogP contribution in [-0.4, -0.2) is 48.8 Å².